The number of likely N-dealkylation sites (N-methyl/N-ethyl adjacent to an activating group) is 1. The molecule has 0 aliphatic carbocycles. The number of aryl methyl sites for hydroxylation is 12. The fraction of sp³-hybridized carbons (Fsp3) is 0.467. The molecule has 0 aliphatic rings. The molecule has 0 fully saturated rings. The van der Waals surface area contributed by atoms with Crippen LogP contribution in [0.3, 0.4) is 0 Å². The number of hydrogen-bond donors (Lipinski definition) is 2. The SMILES string of the molecule is CCC(COC)N(C)c1nc(C)nc2c1nnn2-c1c(C)cc(C)cc1C.CCC(COC)Nc1nc(C)nc2c1nnn2-c1ccc(Cl)cc1C.CCC(COC)Nc1nc(C)nc2c1nnn2-c1ccc(OC)cc1C.CCC(COC)n1nnc2c(N(C)c3c(C)cc(C)cc3C)nc(C)nc21. The van der Waals surface area contributed by atoms with Gasteiger partial charge in [-0.15, -0.1) is 20.4 Å². The van der Waals surface area contributed by atoms with Crippen molar-refractivity contribution >= 4 is 85.2 Å². The summed E-state index contributed by atoms with van der Waals surface area (Å²) in [5.74, 6) is 6.40. The summed E-state index contributed by atoms with van der Waals surface area (Å²) < 4.78 is 33.7. The van der Waals surface area contributed by atoms with Gasteiger partial charge in [-0.25, -0.2) is 44.6 Å². The number of fused-ring (bicyclic) bond motifs is 4. The molecule has 8 aromatic heterocycles. The second-order valence-electron chi connectivity index (χ2n) is 26.3. The van der Waals surface area contributed by atoms with Crippen molar-refractivity contribution in [3.63, 3.8) is 0 Å². The number of anilines is 5. The van der Waals surface area contributed by atoms with Gasteiger partial charge < -0.3 is 44.1 Å². The summed E-state index contributed by atoms with van der Waals surface area (Å²) in [5.41, 5.74) is 18.7. The number of ether oxygens (including phenoxy) is 5. The van der Waals surface area contributed by atoms with Gasteiger partial charge in [-0.1, -0.05) is 95.5 Å². The van der Waals surface area contributed by atoms with Crippen LogP contribution in [0.5, 0.6) is 5.75 Å². The number of aromatic nitrogens is 20. The summed E-state index contributed by atoms with van der Waals surface area (Å²) in [6, 6.07) is 20.7. The molecule has 0 amide bonds. The van der Waals surface area contributed by atoms with Crippen LogP contribution < -0.4 is 25.2 Å². The zero-order chi connectivity index (χ0) is 76.1. The van der Waals surface area contributed by atoms with Crippen molar-refractivity contribution in [2.45, 2.75) is 161 Å². The van der Waals surface area contributed by atoms with E-state index in [4.69, 9.17) is 40.3 Å². The number of nitrogens with one attached hydrogen (secondary N) is 2. The number of hydrogen-bond acceptors (Lipinski definition) is 25. The molecule has 0 radical (unpaired) electrons. The number of benzene rings is 4. The molecule has 558 valence electrons. The maximum Gasteiger partial charge on any atom is 0.189 e. The molecule has 12 aromatic rings. The second kappa shape index (κ2) is 35.6. The minimum Gasteiger partial charge on any atom is -0.497 e. The monoisotopic (exact) mass is 1450 g/mol. The lowest BCUT2D eigenvalue weighted by atomic mass is 10.0. The van der Waals surface area contributed by atoms with Gasteiger partial charge >= 0.3 is 0 Å². The van der Waals surface area contributed by atoms with E-state index in [1.165, 1.54) is 22.3 Å². The first-order chi connectivity index (χ1) is 50.3. The predicted octanol–water partition coefficient (Wildman–Crippen LogP) is 13.1. The Labute approximate surface area is 619 Å². The summed E-state index contributed by atoms with van der Waals surface area (Å²) in [4.78, 5) is 41.0. The average molecular weight is 1450 g/mol. The standard InChI is InChI=1S/2C20H28N6O.C18H24N6O2.C17H21ClN6O/c1-8-16(11-27-7)26-20-17(23-24-26)19(21-15(5)22-20)25(6)18-13(3)9-12(2)10-14(18)4;1-8-16(11-27-7)25(6)19-17-20(22-15(5)21-19)26(24-23-17)18-13(3)9-12(2)10-14(18)4;1-6-13(10-25-4)21-17-16-18(20-12(3)19-17)24(23-22-16)15-8-7-14(26-5)9-11(15)2;1-5-13(9-25-4)21-16-15-17(20-11(3)19-16)24(23-22-15)14-7-6-12(18)8-10(14)2/h2*9-10,16H,8,11H2,1-7H3;7-9,13H,6,10H2,1-5H3,(H,19,20,21);6-8,13H,5,9H2,1-4H3,(H,19,20,21). The summed E-state index contributed by atoms with van der Waals surface area (Å²) in [6.45, 7) is 35.0. The van der Waals surface area contributed by atoms with Crippen LogP contribution in [-0.4, -0.2) is 194 Å². The van der Waals surface area contributed by atoms with Crippen molar-refractivity contribution in [1.82, 2.24) is 99.8 Å². The maximum absolute atomic E-state index is 6.06. The molecule has 4 unspecified atom stereocenters. The molecule has 0 bridgehead atoms. The first-order valence-corrected chi connectivity index (χ1v) is 35.6. The van der Waals surface area contributed by atoms with Crippen LogP contribution in [0.25, 0.3) is 61.7 Å². The molecule has 0 saturated heterocycles. The minimum atomic E-state index is 0.0929. The number of rotatable bonds is 25. The van der Waals surface area contributed by atoms with Crippen molar-refractivity contribution in [2.24, 2.45) is 0 Å². The summed E-state index contributed by atoms with van der Waals surface area (Å²) in [6.07, 6.45) is 3.64. The molecule has 105 heavy (non-hydrogen) atoms. The van der Waals surface area contributed by atoms with E-state index in [9.17, 15) is 0 Å². The largest absolute Gasteiger partial charge is 0.497 e. The molecule has 4 aromatic carbocycles. The normalized spacial score (nSPS) is 12.5. The van der Waals surface area contributed by atoms with Crippen molar-refractivity contribution in [1.29, 1.82) is 0 Å². The van der Waals surface area contributed by atoms with Gasteiger partial charge in [0.1, 0.15) is 29.0 Å². The summed E-state index contributed by atoms with van der Waals surface area (Å²) in [5, 5.41) is 42.4. The lowest BCUT2D eigenvalue weighted by Crippen LogP contribution is -2.35. The first-order valence-electron chi connectivity index (χ1n) is 35.3. The Balaban J connectivity index is 0.000000162. The number of nitrogens with zero attached hydrogens (tertiary/aromatic N) is 22. The molecule has 8 heterocycles. The Morgan fingerprint density at radius 3 is 1.34 bits per heavy atom. The molecular formula is C75H101ClN24O5. The fourth-order valence-electron chi connectivity index (χ4n) is 13.0. The van der Waals surface area contributed by atoms with E-state index in [1.807, 2.05) is 101 Å². The van der Waals surface area contributed by atoms with E-state index in [2.05, 4.69) is 190 Å². The summed E-state index contributed by atoms with van der Waals surface area (Å²) >= 11 is 6.06. The smallest absolute Gasteiger partial charge is 0.189 e. The molecule has 29 nitrogen and oxygen atoms in total. The van der Waals surface area contributed by atoms with Gasteiger partial charge in [0.2, 0.25) is 0 Å². The number of halogens is 1. The quantitative estimate of drug-likeness (QED) is 0.0537. The molecule has 2 N–H and O–H groups in total. The van der Waals surface area contributed by atoms with Gasteiger partial charge in [0.25, 0.3) is 0 Å². The van der Waals surface area contributed by atoms with Crippen LogP contribution in [0.2, 0.25) is 5.02 Å². The highest BCUT2D eigenvalue weighted by Gasteiger charge is 2.27. The zero-order valence-corrected chi connectivity index (χ0v) is 65.8. The van der Waals surface area contributed by atoms with Crippen molar-refractivity contribution in [2.75, 3.05) is 96.5 Å². The van der Waals surface area contributed by atoms with Gasteiger partial charge in [0.05, 0.1) is 74.8 Å². The van der Waals surface area contributed by atoms with Crippen molar-refractivity contribution in [3.8, 4) is 22.8 Å². The fourth-order valence-corrected chi connectivity index (χ4v) is 13.2. The lowest BCUT2D eigenvalue weighted by molar-refractivity contribution is 0.148. The van der Waals surface area contributed by atoms with E-state index >= 15 is 0 Å². The van der Waals surface area contributed by atoms with Crippen LogP contribution >= 0.6 is 11.6 Å². The van der Waals surface area contributed by atoms with Crippen LogP contribution in [0, 0.1) is 83.1 Å². The van der Waals surface area contributed by atoms with E-state index in [-0.39, 0.29) is 24.2 Å². The van der Waals surface area contributed by atoms with E-state index in [0.717, 1.165) is 99.4 Å². The van der Waals surface area contributed by atoms with E-state index in [1.54, 1.807) is 44.9 Å². The van der Waals surface area contributed by atoms with Crippen LogP contribution in [0.15, 0.2) is 60.7 Å². The average Bonchev–Trinajstić information content (AvgIpc) is 1.68. The molecule has 0 saturated carbocycles. The van der Waals surface area contributed by atoms with Crippen molar-refractivity contribution < 1.29 is 23.7 Å². The maximum atomic E-state index is 6.06. The lowest BCUT2D eigenvalue weighted by Gasteiger charge is -2.27. The third kappa shape index (κ3) is 18.0. The minimum absolute atomic E-state index is 0.0929. The van der Waals surface area contributed by atoms with E-state index < -0.39 is 0 Å². The van der Waals surface area contributed by atoms with Gasteiger partial charge in [-0.3, -0.25) is 0 Å². The number of methoxy groups -OCH3 is 5. The molecule has 0 spiro atoms. The van der Waals surface area contributed by atoms with Gasteiger partial charge in [0.15, 0.2) is 67.9 Å². The molecule has 4 atom stereocenters. The highest BCUT2D eigenvalue weighted by molar-refractivity contribution is 6.30. The Hall–Kier alpha value is -10.1. The zero-order valence-electron chi connectivity index (χ0n) is 65.0. The highest BCUT2D eigenvalue weighted by Crippen LogP contribution is 2.35. The Kier molecular flexibility index (Phi) is 26.8. The van der Waals surface area contributed by atoms with Gasteiger partial charge in [-0.2, -0.15) is 14.0 Å². The topological polar surface area (TPSA) is 303 Å². The molecular weight excluding hydrogens is 1350 g/mol. The third-order valence-corrected chi connectivity index (χ3v) is 18.3. The molecule has 30 heteroatoms. The predicted molar refractivity (Wildman–Crippen MR) is 414 cm³/mol. The highest BCUT2D eigenvalue weighted by atomic mass is 35.5. The third-order valence-electron chi connectivity index (χ3n) is 18.1. The van der Waals surface area contributed by atoms with Crippen LogP contribution in [-0.2, 0) is 18.9 Å². The Morgan fingerprint density at radius 1 is 0.429 bits per heavy atom. The van der Waals surface area contributed by atoms with Gasteiger partial charge in [0, 0.05) is 53.2 Å². The van der Waals surface area contributed by atoms with Gasteiger partial charge in [-0.05, 0) is 179 Å². The molecule has 0 aliphatic heterocycles. The first kappa shape index (κ1) is 79.1. The Bertz CT molecular complexity index is 4910. The van der Waals surface area contributed by atoms with Crippen LogP contribution in [0.1, 0.15) is 127 Å². The van der Waals surface area contributed by atoms with Crippen molar-refractivity contribution in [3.05, 3.63) is 133 Å². The molecule has 12 rings (SSSR count). The summed E-state index contributed by atoms with van der Waals surface area (Å²) in [7, 11) is 12.5. The second-order valence-corrected chi connectivity index (χ2v) is 26.8. The van der Waals surface area contributed by atoms with Crippen LogP contribution in [0.4, 0.5) is 29.0 Å². The Morgan fingerprint density at radius 2 is 0.867 bits per heavy atom. The van der Waals surface area contributed by atoms with E-state index in [0.29, 0.717) is 99.7 Å².